The largest absolute Gasteiger partial charge is 0.384 e. The Balaban J connectivity index is 1.99. The Kier molecular flexibility index (Phi) is 6.54. The average molecular weight is 308 g/mol. The fourth-order valence-corrected chi connectivity index (χ4v) is 3.38. The highest BCUT2D eigenvalue weighted by Gasteiger charge is 2.13. The molecule has 4 nitrogen and oxygen atoms in total. The highest BCUT2D eigenvalue weighted by molar-refractivity contribution is 7.99. The number of benzene rings is 1. The summed E-state index contributed by atoms with van der Waals surface area (Å²) in [5, 5.41) is 2.98. The Bertz CT molecular complexity index is 473. The van der Waals surface area contributed by atoms with Crippen molar-refractivity contribution in [1.29, 1.82) is 0 Å². The fraction of sp³-hybridized carbons (Fsp3) is 0.562. The number of carbonyl (C=O) groups is 1. The van der Waals surface area contributed by atoms with Gasteiger partial charge in [0.2, 0.25) is 5.91 Å². The Morgan fingerprint density at radius 1 is 1.38 bits per heavy atom. The summed E-state index contributed by atoms with van der Waals surface area (Å²) in [5.74, 6) is 2.44. The Hall–Kier alpha value is -1.04. The van der Waals surface area contributed by atoms with Crippen molar-refractivity contribution in [3.8, 4) is 0 Å². The maximum Gasteiger partial charge on any atom is 0.226 e. The zero-order chi connectivity index (χ0) is 15.1. The molecule has 1 aromatic carbocycles. The van der Waals surface area contributed by atoms with E-state index in [1.807, 2.05) is 23.9 Å². The van der Waals surface area contributed by atoms with Crippen LogP contribution in [-0.4, -0.2) is 49.1 Å². The van der Waals surface area contributed by atoms with Gasteiger partial charge in [-0.2, -0.15) is 11.8 Å². The quantitative estimate of drug-likeness (QED) is 0.877. The number of amides is 1. The van der Waals surface area contributed by atoms with Crippen molar-refractivity contribution in [2.75, 3.05) is 43.6 Å². The maximum atomic E-state index is 11.8. The Labute approximate surface area is 131 Å². The van der Waals surface area contributed by atoms with Gasteiger partial charge in [-0.15, -0.1) is 0 Å². The van der Waals surface area contributed by atoms with E-state index in [0.717, 1.165) is 25.3 Å². The van der Waals surface area contributed by atoms with Gasteiger partial charge in [0.1, 0.15) is 0 Å². The van der Waals surface area contributed by atoms with Gasteiger partial charge >= 0.3 is 0 Å². The molecule has 0 aliphatic carbocycles. The number of nitrogens with zero attached hydrogens (tertiary/aromatic N) is 1. The predicted molar refractivity (Wildman–Crippen MR) is 88.9 cm³/mol. The van der Waals surface area contributed by atoms with Gasteiger partial charge < -0.3 is 10.1 Å². The average Bonchev–Trinajstić information content (AvgIpc) is 2.50. The molecule has 1 aliphatic rings. The number of methoxy groups -OCH3 is 1. The summed E-state index contributed by atoms with van der Waals surface area (Å²) in [7, 11) is 1.61. The van der Waals surface area contributed by atoms with Crippen molar-refractivity contribution >= 4 is 23.4 Å². The lowest BCUT2D eigenvalue weighted by Crippen LogP contribution is -2.32. The third-order valence-corrected chi connectivity index (χ3v) is 4.69. The molecule has 1 N–H and O–H groups in total. The molecule has 1 aliphatic heterocycles. The second-order valence-corrected chi connectivity index (χ2v) is 6.49. The van der Waals surface area contributed by atoms with Crippen LogP contribution in [0.4, 0.5) is 5.69 Å². The number of rotatable bonds is 6. The molecule has 0 unspecified atom stereocenters. The fourth-order valence-electron chi connectivity index (χ4n) is 2.40. The van der Waals surface area contributed by atoms with Crippen LogP contribution in [0.2, 0.25) is 0 Å². The van der Waals surface area contributed by atoms with Crippen molar-refractivity contribution in [2.45, 2.75) is 19.9 Å². The highest BCUT2D eigenvalue weighted by Crippen LogP contribution is 2.22. The minimum absolute atomic E-state index is 0.00599. The van der Waals surface area contributed by atoms with E-state index in [1.165, 1.54) is 22.6 Å². The van der Waals surface area contributed by atoms with Crippen molar-refractivity contribution < 1.29 is 9.53 Å². The van der Waals surface area contributed by atoms with Gasteiger partial charge in [-0.25, -0.2) is 0 Å². The topological polar surface area (TPSA) is 41.6 Å². The van der Waals surface area contributed by atoms with Crippen LogP contribution >= 0.6 is 11.8 Å². The number of anilines is 1. The first-order chi connectivity index (χ1) is 10.2. The first-order valence-corrected chi connectivity index (χ1v) is 8.53. The zero-order valence-corrected chi connectivity index (χ0v) is 13.7. The minimum Gasteiger partial charge on any atom is -0.384 e. The molecule has 1 saturated heterocycles. The van der Waals surface area contributed by atoms with E-state index in [0.29, 0.717) is 13.0 Å². The van der Waals surface area contributed by atoms with Crippen molar-refractivity contribution in [3.05, 3.63) is 29.3 Å². The Morgan fingerprint density at radius 3 is 2.86 bits per heavy atom. The van der Waals surface area contributed by atoms with E-state index in [2.05, 4.69) is 23.2 Å². The van der Waals surface area contributed by atoms with E-state index in [4.69, 9.17) is 4.74 Å². The highest BCUT2D eigenvalue weighted by atomic mass is 32.2. The van der Waals surface area contributed by atoms with Crippen LogP contribution in [0, 0.1) is 6.92 Å². The van der Waals surface area contributed by atoms with E-state index in [-0.39, 0.29) is 5.91 Å². The number of carbonyl (C=O) groups excluding carboxylic acids is 1. The number of thioether (sulfide) groups is 1. The molecule has 0 atom stereocenters. The molecule has 1 heterocycles. The Morgan fingerprint density at radius 2 is 2.14 bits per heavy atom. The summed E-state index contributed by atoms with van der Waals surface area (Å²) in [6, 6.07) is 6.14. The summed E-state index contributed by atoms with van der Waals surface area (Å²) in [5.41, 5.74) is 3.38. The van der Waals surface area contributed by atoms with Crippen molar-refractivity contribution in [3.63, 3.8) is 0 Å². The van der Waals surface area contributed by atoms with Gasteiger partial charge in [-0.1, -0.05) is 12.1 Å². The third kappa shape index (κ3) is 5.02. The maximum absolute atomic E-state index is 11.8. The summed E-state index contributed by atoms with van der Waals surface area (Å²) in [6.45, 7) is 5.80. The molecule has 21 heavy (non-hydrogen) atoms. The second-order valence-electron chi connectivity index (χ2n) is 5.27. The first kappa shape index (κ1) is 16.3. The van der Waals surface area contributed by atoms with Gasteiger partial charge in [0.05, 0.1) is 13.0 Å². The van der Waals surface area contributed by atoms with E-state index < -0.39 is 0 Å². The normalized spacial score (nSPS) is 15.9. The second kappa shape index (κ2) is 8.41. The molecule has 1 fully saturated rings. The monoisotopic (exact) mass is 308 g/mol. The molecule has 2 rings (SSSR count). The molecule has 0 radical (unpaired) electrons. The summed E-state index contributed by atoms with van der Waals surface area (Å²) in [4.78, 5) is 14.3. The summed E-state index contributed by atoms with van der Waals surface area (Å²) >= 11 is 2.02. The zero-order valence-electron chi connectivity index (χ0n) is 12.9. The van der Waals surface area contributed by atoms with Crippen molar-refractivity contribution in [2.24, 2.45) is 0 Å². The molecule has 0 spiro atoms. The van der Waals surface area contributed by atoms with Crippen molar-refractivity contribution in [1.82, 2.24) is 4.90 Å². The number of hydrogen-bond donors (Lipinski definition) is 1. The van der Waals surface area contributed by atoms with Crippen LogP contribution in [0.25, 0.3) is 0 Å². The van der Waals surface area contributed by atoms with Gasteiger partial charge in [-0.3, -0.25) is 9.69 Å². The molecule has 1 aromatic rings. The SMILES string of the molecule is COCCC(=O)Nc1cccc(CN2CCSCC2)c1C. The molecule has 116 valence electrons. The number of nitrogens with one attached hydrogen (secondary N) is 1. The molecule has 1 amide bonds. The van der Waals surface area contributed by atoms with Crippen LogP contribution < -0.4 is 5.32 Å². The van der Waals surface area contributed by atoms with Crippen LogP contribution in [0.5, 0.6) is 0 Å². The predicted octanol–water partition coefficient (Wildman–Crippen LogP) is 2.52. The lowest BCUT2D eigenvalue weighted by Gasteiger charge is -2.27. The standard InChI is InChI=1S/C16H24N2O2S/c1-13-14(12-18-7-10-21-11-8-18)4-3-5-15(13)17-16(19)6-9-20-2/h3-5H,6-12H2,1-2H3,(H,17,19). The third-order valence-electron chi connectivity index (χ3n) is 3.75. The van der Waals surface area contributed by atoms with Crippen LogP contribution in [-0.2, 0) is 16.1 Å². The van der Waals surface area contributed by atoms with Gasteiger partial charge in [0.15, 0.2) is 0 Å². The number of hydrogen-bond acceptors (Lipinski definition) is 4. The minimum atomic E-state index is 0.00599. The summed E-state index contributed by atoms with van der Waals surface area (Å²) in [6.07, 6.45) is 0.392. The van der Waals surface area contributed by atoms with E-state index >= 15 is 0 Å². The van der Waals surface area contributed by atoms with Gasteiger partial charge in [0, 0.05) is 43.9 Å². The van der Waals surface area contributed by atoms with E-state index in [1.54, 1.807) is 7.11 Å². The van der Waals surface area contributed by atoms with Gasteiger partial charge in [0.25, 0.3) is 0 Å². The molecular formula is C16H24N2O2S. The molecule has 0 saturated carbocycles. The lowest BCUT2D eigenvalue weighted by atomic mass is 10.1. The smallest absolute Gasteiger partial charge is 0.226 e. The summed E-state index contributed by atoms with van der Waals surface area (Å²) < 4.78 is 4.94. The van der Waals surface area contributed by atoms with Gasteiger partial charge in [-0.05, 0) is 24.1 Å². The molecule has 0 bridgehead atoms. The lowest BCUT2D eigenvalue weighted by molar-refractivity contribution is -0.117. The van der Waals surface area contributed by atoms with Crippen LogP contribution in [0.15, 0.2) is 18.2 Å². The van der Waals surface area contributed by atoms with Crippen LogP contribution in [0.3, 0.4) is 0 Å². The number of ether oxygens (including phenoxy) is 1. The molecule has 5 heteroatoms. The molecular weight excluding hydrogens is 284 g/mol. The van der Waals surface area contributed by atoms with E-state index in [9.17, 15) is 4.79 Å². The van der Waals surface area contributed by atoms with Crippen LogP contribution in [0.1, 0.15) is 17.5 Å². The molecule has 0 aromatic heterocycles. The first-order valence-electron chi connectivity index (χ1n) is 7.38.